The fourth-order valence-corrected chi connectivity index (χ4v) is 3.07. The molecule has 0 spiro atoms. The summed E-state index contributed by atoms with van der Waals surface area (Å²) in [4.78, 5) is 20.4. The number of nitrogens with zero attached hydrogens (tertiary/aromatic N) is 1. The molecule has 1 fully saturated rings. The highest BCUT2D eigenvalue weighted by atomic mass is 32.1. The van der Waals surface area contributed by atoms with Gasteiger partial charge in [-0.1, -0.05) is 36.4 Å². The number of benzene rings is 1. The molecule has 2 heterocycles. The molecule has 130 valence electrons. The van der Waals surface area contributed by atoms with Crippen molar-refractivity contribution in [3.05, 3.63) is 74.8 Å². The summed E-state index contributed by atoms with van der Waals surface area (Å²) >= 11 is 5.10. The van der Waals surface area contributed by atoms with Crippen LogP contribution in [0, 0.1) is 4.77 Å². The first-order valence-corrected chi connectivity index (χ1v) is 8.28. The SMILES string of the molecule is C=CCn1c(O)c(C=C2C(C)ONC2c2ccccc2)c(=O)[nH]c1=S. The Labute approximate surface area is 150 Å². The highest BCUT2D eigenvalue weighted by Crippen LogP contribution is 2.33. The number of aromatic nitrogens is 2. The molecular formula is C18H19N3O3S. The Morgan fingerprint density at radius 1 is 1.40 bits per heavy atom. The molecule has 0 aliphatic carbocycles. The molecular weight excluding hydrogens is 338 g/mol. The van der Waals surface area contributed by atoms with Crippen molar-refractivity contribution in [2.45, 2.75) is 25.6 Å². The van der Waals surface area contributed by atoms with E-state index >= 15 is 0 Å². The molecule has 1 aliphatic rings. The van der Waals surface area contributed by atoms with Gasteiger partial charge in [-0.2, -0.15) is 5.48 Å². The Bertz CT molecular complexity index is 931. The number of hydroxylamine groups is 1. The second-order valence-corrected chi connectivity index (χ2v) is 6.15. The van der Waals surface area contributed by atoms with Crippen LogP contribution in [0.3, 0.4) is 0 Å². The summed E-state index contributed by atoms with van der Waals surface area (Å²) in [6.07, 6.45) is 3.01. The molecule has 25 heavy (non-hydrogen) atoms. The highest BCUT2D eigenvalue weighted by Gasteiger charge is 2.30. The van der Waals surface area contributed by atoms with E-state index in [0.717, 1.165) is 11.1 Å². The fraction of sp³-hybridized carbons (Fsp3) is 0.222. The largest absolute Gasteiger partial charge is 0.494 e. The molecule has 1 saturated heterocycles. The van der Waals surface area contributed by atoms with Gasteiger partial charge in [0.2, 0.25) is 5.88 Å². The Morgan fingerprint density at radius 2 is 2.12 bits per heavy atom. The lowest BCUT2D eigenvalue weighted by Gasteiger charge is -2.13. The van der Waals surface area contributed by atoms with Crippen molar-refractivity contribution in [1.82, 2.24) is 15.0 Å². The number of rotatable bonds is 4. The Hall–Kier alpha value is -2.48. The number of allylic oxidation sites excluding steroid dienone is 1. The van der Waals surface area contributed by atoms with Gasteiger partial charge in [-0.25, -0.2) is 0 Å². The van der Waals surface area contributed by atoms with Crippen LogP contribution in [0.15, 0.2) is 53.4 Å². The maximum Gasteiger partial charge on any atom is 0.262 e. The van der Waals surface area contributed by atoms with E-state index in [1.807, 2.05) is 37.3 Å². The molecule has 3 N–H and O–H groups in total. The lowest BCUT2D eigenvalue weighted by Crippen LogP contribution is -2.18. The van der Waals surface area contributed by atoms with E-state index in [1.165, 1.54) is 4.57 Å². The molecule has 3 rings (SSSR count). The third kappa shape index (κ3) is 3.34. The Balaban J connectivity index is 2.13. The second-order valence-electron chi connectivity index (χ2n) is 5.76. The van der Waals surface area contributed by atoms with Gasteiger partial charge in [0.25, 0.3) is 5.56 Å². The van der Waals surface area contributed by atoms with Crippen molar-refractivity contribution >= 4 is 18.3 Å². The van der Waals surface area contributed by atoms with Crippen LogP contribution in [-0.4, -0.2) is 20.8 Å². The van der Waals surface area contributed by atoms with Gasteiger partial charge in [-0.3, -0.25) is 19.2 Å². The molecule has 0 saturated carbocycles. The first-order valence-electron chi connectivity index (χ1n) is 7.87. The molecule has 0 amide bonds. The number of nitrogens with one attached hydrogen (secondary N) is 2. The van der Waals surface area contributed by atoms with Gasteiger partial charge >= 0.3 is 0 Å². The van der Waals surface area contributed by atoms with Crippen LogP contribution in [0.4, 0.5) is 0 Å². The molecule has 1 aromatic heterocycles. The van der Waals surface area contributed by atoms with Crippen LogP contribution in [0.2, 0.25) is 0 Å². The third-order valence-electron chi connectivity index (χ3n) is 4.13. The number of aromatic hydroxyl groups is 1. The molecule has 0 bridgehead atoms. The summed E-state index contributed by atoms with van der Waals surface area (Å²) in [7, 11) is 0. The summed E-state index contributed by atoms with van der Waals surface area (Å²) in [6, 6.07) is 9.55. The second kappa shape index (κ2) is 7.18. The zero-order chi connectivity index (χ0) is 18.0. The predicted molar refractivity (Wildman–Crippen MR) is 98.6 cm³/mol. The van der Waals surface area contributed by atoms with Crippen LogP contribution >= 0.6 is 12.2 Å². The average Bonchev–Trinajstić information content (AvgIpc) is 2.97. The van der Waals surface area contributed by atoms with Gasteiger partial charge in [-0.05, 0) is 36.4 Å². The highest BCUT2D eigenvalue weighted by molar-refractivity contribution is 7.71. The van der Waals surface area contributed by atoms with Crippen LogP contribution in [0.1, 0.15) is 24.1 Å². The van der Waals surface area contributed by atoms with Crippen molar-refractivity contribution < 1.29 is 9.94 Å². The summed E-state index contributed by atoms with van der Waals surface area (Å²) in [6.45, 7) is 5.82. The minimum Gasteiger partial charge on any atom is -0.494 e. The standard InChI is InChI=1S/C18H19N3O3S/c1-3-9-21-17(23)14(16(22)19-18(21)25)10-13-11(2)24-20-15(13)12-7-5-4-6-8-12/h3-8,10-11,15,20,23H,1,9H2,2H3,(H,19,22,25). The molecule has 2 aromatic rings. The molecule has 7 heteroatoms. The predicted octanol–water partition coefficient (Wildman–Crippen LogP) is 2.85. The van der Waals surface area contributed by atoms with E-state index in [9.17, 15) is 9.90 Å². The zero-order valence-corrected chi connectivity index (χ0v) is 14.5. The van der Waals surface area contributed by atoms with Gasteiger partial charge in [0.1, 0.15) is 5.56 Å². The molecule has 1 aliphatic heterocycles. The first-order chi connectivity index (χ1) is 12.0. The number of hydrogen-bond donors (Lipinski definition) is 3. The normalized spacial score (nSPS) is 21.6. The van der Waals surface area contributed by atoms with Crippen LogP contribution in [0.25, 0.3) is 6.08 Å². The van der Waals surface area contributed by atoms with Crippen molar-refractivity contribution in [1.29, 1.82) is 0 Å². The minimum absolute atomic E-state index is 0.144. The zero-order valence-electron chi connectivity index (χ0n) is 13.7. The maximum atomic E-state index is 12.3. The third-order valence-corrected chi connectivity index (χ3v) is 4.45. The van der Waals surface area contributed by atoms with E-state index in [2.05, 4.69) is 17.0 Å². The van der Waals surface area contributed by atoms with E-state index in [1.54, 1.807) is 12.2 Å². The summed E-state index contributed by atoms with van der Waals surface area (Å²) in [5.41, 5.74) is 4.53. The maximum absolute atomic E-state index is 12.3. The van der Waals surface area contributed by atoms with E-state index in [-0.39, 0.29) is 28.4 Å². The fourth-order valence-electron chi connectivity index (χ4n) is 2.82. The monoisotopic (exact) mass is 357 g/mol. The van der Waals surface area contributed by atoms with Crippen LogP contribution in [0.5, 0.6) is 5.88 Å². The minimum atomic E-state index is -0.443. The molecule has 1 aromatic carbocycles. The molecule has 0 radical (unpaired) electrons. The summed E-state index contributed by atoms with van der Waals surface area (Å²) in [5.74, 6) is -0.188. The molecule has 2 atom stereocenters. The van der Waals surface area contributed by atoms with E-state index in [4.69, 9.17) is 17.1 Å². The first kappa shape index (κ1) is 17.3. The smallest absolute Gasteiger partial charge is 0.262 e. The van der Waals surface area contributed by atoms with Gasteiger partial charge in [0.05, 0.1) is 12.1 Å². The number of aromatic amines is 1. The van der Waals surface area contributed by atoms with Gasteiger partial charge in [0, 0.05) is 6.54 Å². The number of H-pyrrole nitrogens is 1. The molecule has 2 unspecified atom stereocenters. The topological polar surface area (TPSA) is 79.3 Å². The Morgan fingerprint density at radius 3 is 2.80 bits per heavy atom. The van der Waals surface area contributed by atoms with Crippen molar-refractivity contribution in [2.75, 3.05) is 0 Å². The van der Waals surface area contributed by atoms with Crippen LogP contribution < -0.4 is 11.0 Å². The van der Waals surface area contributed by atoms with Gasteiger partial charge in [0.15, 0.2) is 4.77 Å². The van der Waals surface area contributed by atoms with Crippen LogP contribution in [-0.2, 0) is 11.4 Å². The van der Waals surface area contributed by atoms with Crippen molar-refractivity contribution in [3.63, 3.8) is 0 Å². The van der Waals surface area contributed by atoms with Gasteiger partial charge < -0.3 is 5.11 Å². The quantitative estimate of drug-likeness (QED) is 0.579. The lowest BCUT2D eigenvalue weighted by atomic mass is 9.95. The molecule has 6 nitrogen and oxygen atoms in total. The number of hydrogen-bond acceptors (Lipinski definition) is 5. The van der Waals surface area contributed by atoms with Crippen molar-refractivity contribution in [2.24, 2.45) is 0 Å². The Kier molecular flexibility index (Phi) is 4.98. The van der Waals surface area contributed by atoms with Crippen molar-refractivity contribution in [3.8, 4) is 5.88 Å². The average molecular weight is 357 g/mol. The summed E-state index contributed by atoms with van der Waals surface area (Å²) in [5, 5.41) is 10.5. The lowest BCUT2D eigenvalue weighted by molar-refractivity contribution is 0.0408. The van der Waals surface area contributed by atoms with E-state index < -0.39 is 5.56 Å². The summed E-state index contributed by atoms with van der Waals surface area (Å²) < 4.78 is 1.57. The van der Waals surface area contributed by atoms with E-state index in [0.29, 0.717) is 6.54 Å². The van der Waals surface area contributed by atoms with Gasteiger partial charge in [-0.15, -0.1) is 6.58 Å².